The number of hydrogen-bond donors (Lipinski definition) is 2. The van der Waals surface area contributed by atoms with Crippen molar-refractivity contribution >= 4 is 28.9 Å². The van der Waals surface area contributed by atoms with Gasteiger partial charge < -0.3 is 15.0 Å². The van der Waals surface area contributed by atoms with Crippen LogP contribution in [-0.4, -0.2) is 39.8 Å². The summed E-state index contributed by atoms with van der Waals surface area (Å²) in [7, 11) is 3.11. The number of carbonyl (C=O) groups excluding carboxylic acids is 2. The van der Waals surface area contributed by atoms with Crippen LogP contribution in [0, 0.1) is 0 Å². The normalized spacial score (nSPS) is 12.4. The van der Waals surface area contributed by atoms with E-state index in [1.807, 2.05) is 30.5 Å². The first-order valence-corrected chi connectivity index (χ1v) is 8.17. The van der Waals surface area contributed by atoms with Gasteiger partial charge in [0.05, 0.1) is 13.3 Å². The number of rotatable bonds is 6. The smallest absolute Gasteiger partial charge is 0.328 e. The van der Waals surface area contributed by atoms with Gasteiger partial charge in [-0.2, -0.15) is 5.10 Å². The van der Waals surface area contributed by atoms with E-state index in [2.05, 4.69) is 15.4 Å². The van der Waals surface area contributed by atoms with E-state index in [0.717, 1.165) is 22.0 Å². The Morgan fingerprint density at radius 2 is 2.19 bits per heavy atom. The summed E-state index contributed by atoms with van der Waals surface area (Å²) in [6.45, 7) is 0. The van der Waals surface area contributed by atoms with Gasteiger partial charge in [-0.3, -0.25) is 9.48 Å². The summed E-state index contributed by atoms with van der Waals surface area (Å²) in [5.74, 6) is -0.859. The number of H-pyrrole nitrogens is 1. The zero-order valence-corrected chi connectivity index (χ0v) is 14.6. The van der Waals surface area contributed by atoms with Gasteiger partial charge in [-0.1, -0.05) is 18.2 Å². The van der Waals surface area contributed by atoms with Crippen LogP contribution in [0.15, 0.2) is 48.9 Å². The molecule has 0 aliphatic heterocycles. The molecule has 7 nitrogen and oxygen atoms in total. The molecule has 0 fully saturated rings. The van der Waals surface area contributed by atoms with E-state index < -0.39 is 12.0 Å². The van der Waals surface area contributed by atoms with Crippen molar-refractivity contribution in [1.82, 2.24) is 20.1 Å². The first-order valence-electron chi connectivity index (χ1n) is 8.17. The van der Waals surface area contributed by atoms with E-state index in [1.54, 1.807) is 30.2 Å². The summed E-state index contributed by atoms with van der Waals surface area (Å²) in [5.41, 5.74) is 2.72. The molecular weight excluding hydrogens is 332 g/mol. The molecule has 7 heteroatoms. The summed E-state index contributed by atoms with van der Waals surface area (Å²) in [6.07, 6.45) is 8.63. The second-order valence-corrected chi connectivity index (χ2v) is 5.93. The molecule has 0 saturated carbocycles. The number of ether oxygens (including phenoxy) is 1. The molecule has 1 aromatic carbocycles. The van der Waals surface area contributed by atoms with Crippen LogP contribution in [0.5, 0.6) is 0 Å². The Morgan fingerprint density at radius 3 is 2.92 bits per heavy atom. The van der Waals surface area contributed by atoms with Crippen LogP contribution >= 0.6 is 0 Å². The lowest BCUT2D eigenvalue weighted by molar-refractivity contribution is -0.144. The van der Waals surface area contributed by atoms with Gasteiger partial charge >= 0.3 is 5.97 Å². The lowest BCUT2D eigenvalue weighted by Crippen LogP contribution is -2.42. The molecule has 3 aromatic rings. The number of nitrogens with zero attached hydrogens (tertiary/aromatic N) is 2. The Balaban J connectivity index is 1.72. The molecule has 1 unspecified atom stereocenters. The van der Waals surface area contributed by atoms with E-state index in [4.69, 9.17) is 4.74 Å². The maximum atomic E-state index is 12.2. The van der Waals surface area contributed by atoms with Crippen LogP contribution in [0.3, 0.4) is 0 Å². The van der Waals surface area contributed by atoms with E-state index in [0.29, 0.717) is 6.42 Å². The van der Waals surface area contributed by atoms with Gasteiger partial charge in [-0.05, 0) is 17.7 Å². The number of carbonyl (C=O) groups is 2. The summed E-state index contributed by atoms with van der Waals surface area (Å²) in [5, 5.41) is 7.75. The van der Waals surface area contributed by atoms with Crippen LogP contribution in [0.25, 0.3) is 17.0 Å². The molecule has 3 rings (SSSR count). The minimum atomic E-state index is -0.773. The number of amides is 1. The molecule has 0 aliphatic carbocycles. The monoisotopic (exact) mass is 352 g/mol. The van der Waals surface area contributed by atoms with Crippen molar-refractivity contribution in [2.45, 2.75) is 12.5 Å². The number of benzene rings is 1. The van der Waals surface area contributed by atoms with Gasteiger partial charge in [-0.25, -0.2) is 4.79 Å². The molecule has 1 atom stereocenters. The number of esters is 1. The molecule has 134 valence electrons. The Kier molecular flexibility index (Phi) is 5.17. The van der Waals surface area contributed by atoms with Gasteiger partial charge in [-0.15, -0.1) is 0 Å². The second-order valence-electron chi connectivity index (χ2n) is 5.93. The zero-order chi connectivity index (χ0) is 18.5. The molecule has 2 aromatic heterocycles. The largest absolute Gasteiger partial charge is 0.467 e. The van der Waals surface area contributed by atoms with Crippen LogP contribution in [0.2, 0.25) is 0 Å². The molecule has 0 aliphatic rings. The number of aromatic amines is 1. The molecule has 0 bridgehead atoms. The quantitative estimate of drug-likeness (QED) is 0.523. The lowest BCUT2D eigenvalue weighted by Gasteiger charge is -2.15. The fourth-order valence-corrected chi connectivity index (χ4v) is 2.77. The number of aromatic nitrogens is 3. The first-order chi connectivity index (χ1) is 12.6. The number of hydrogen-bond acceptors (Lipinski definition) is 4. The fraction of sp³-hybridized carbons (Fsp3) is 0.211. The fourth-order valence-electron chi connectivity index (χ4n) is 2.77. The Hall–Kier alpha value is -3.35. The topological polar surface area (TPSA) is 89.0 Å². The lowest BCUT2D eigenvalue weighted by atomic mass is 10.0. The number of fused-ring (bicyclic) bond motifs is 1. The van der Waals surface area contributed by atoms with Crippen molar-refractivity contribution in [2.75, 3.05) is 7.11 Å². The summed E-state index contributed by atoms with van der Waals surface area (Å²) >= 11 is 0. The second kappa shape index (κ2) is 7.69. The standard InChI is InChI=1S/C19H20N4O3/c1-23-12-13(10-21-23)7-8-18(24)22-17(19(25)26-2)9-14-11-20-16-6-4-3-5-15(14)16/h3-8,10-12,17,20H,9H2,1-2H3,(H,22,24)/b8-7-. The highest BCUT2D eigenvalue weighted by atomic mass is 16.5. The number of nitrogens with one attached hydrogen (secondary N) is 2. The van der Waals surface area contributed by atoms with Crippen LogP contribution < -0.4 is 5.32 Å². The minimum absolute atomic E-state index is 0.336. The van der Waals surface area contributed by atoms with Crippen molar-refractivity contribution < 1.29 is 14.3 Å². The Morgan fingerprint density at radius 1 is 1.38 bits per heavy atom. The van der Waals surface area contributed by atoms with Gasteiger partial charge in [0.15, 0.2) is 0 Å². The number of aryl methyl sites for hydroxylation is 1. The number of para-hydroxylation sites is 1. The predicted molar refractivity (Wildman–Crippen MR) is 98.2 cm³/mol. The van der Waals surface area contributed by atoms with Gasteiger partial charge in [0.2, 0.25) is 5.91 Å². The average Bonchev–Trinajstić information content (AvgIpc) is 3.25. The summed E-state index contributed by atoms with van der Waals surface area (Å²) in [6, 6.07) is 7.03. The average molecular weight is 352 g/mol. The summed E-state index contributed by atoms with van der Waals surface area (Å²) in [4.78, 5) is 27.5. The molecule has 1 amide bonds. The maximum Gasteiger partial charge on any atom is 0.328 e. The van der Waals surface area contributed by atoms with Crippen molar-refractivity contribution in [2.24, 2.45) is 7.05 Å². The highest BCUT2D eigenvalue weighted by Crippen LogP contribution is 2.19. The molecule has 26 heavy (non-hydrogen) atoms. The molecular formula is C19H20N4O3. The zero-order valence-electron chi connectivity index (χ0n) is 14.6. The third-order valence-corrected chi connectivity index (χ3v) is 4.05. The summed E-state index contributed by atoms with van der Waals surface area (Å²) < 4.78 is 6.48. The molecule has 2 N–H and O–H groups in total. The van der Waals surface area contributed by atoms with E-state index in [-0.39, 0.29) is 5.91 Å². The maximum absolute atomic E-state index is 12.2. The van der Waals surface area contributed by atoms with Crippen LogP contribution in [0.4, 0.5) is 0 Å². The van der Waals surface area contributed by atoms with Crippen molar-refractivity contribution in [3.05, 3.63) is 60.1 Å². The Bertz CT molecular complexity index is 955. The third-order valence-electron chi connectivity index (χ3n) is 4.05. The predicted octanol–water partition coefficient (Wildman–Crippen LogP) is 1.82. The minimum Gasteiger partial charge on any atom is -0.467 e. The van der Waals surface area contributed by atoms with Crippen molar-refractivity contribution in [3.63, 3.8) is 0 Å². The molecule has 0 spiro atoms. The van der Waals surface area contributed by atoms with Crippen molar-refractivity contribution in [3.8, 4) is 0 Å². The van der Waals surface area contributed by atoms with Gasteiger partial charge in [0.25, 0.3) is 0 Å². The third kappa shape index (κ3) is 4.00. The van der Waals surface area contributed by atoms with Crippen LogP contribution in [0.1, 0.15) is 11.1 Å². The molecule has 2 heterocycles. The molecule has 0 saturated heterocycles. The molecule has 0 radical (unpaired) electrons. The SMILES string of the molecule is COC(=O)C(Cc1c[nH]c2ccccc12)NC(=O)/C=C\c1cnn(C)c1. The first kappa shape index (κ1) is 17.5. The highest BCUT2D eigenvalue weighted by molar-refractivity contribution is 5.95. The number of methoxy groups -OCH3 is 1. The van der Waals surface area contributed by atoms with E-state index >= 15 is 0 Å². The van der Waals surface area contributed by atoms with Crippen molar-refractivity contribution in [1.29, 1.82) is 0 Å². The highest BCUT2D eigenvalue weighted by Gasteiger charge is 2.22. The Labute approximate surface area is 150 Å². The van der Waals surface area contributed by atoms with Gasteiger partial charge in [0, 0.05) is 48.4 Å². The van der Waals surface area contributed by atoms with E-state index in [9.17, 15) is 9.59 Å². The van der Waals surface area contributed by atoms with E-state index in [1.165, 1.54) is 13.2 Å². The van der Waals surface area contributed by atoms with Gasteiger partial charge in [0.1, 0.15) is 6.04 Å². The van der Waals surface area contributed by atoms with Crippen LogP contribution in [-0.2, 0) is 27.8 Å².